The SMILES string of the molecule is CCN(CC)CCN1C(N)=NCC1c1ccc(Cl)c(F)c1. The molecule has 0 saturated carbocycles. The van der Waals surface area contributed by atoms with E-state index < -0.39 is 5.82 Å². The zero-order valence-electron chi connectivity index (χ0n) is 12.5. The highest BCUT2D eigenvalue weighted by Gasteiger charge is 2.27. The van der Waals surface area contributed by atoms with Crippen LogP contribution in [0.2, 0.25) is 5.02 Å². The molecule has 0 bridgehead atoms. The predicted molar refractivity (Wildman–Crippen MR) is 85.1 cm³/mol. The zero-order chi connectivity index (χ0) is 15.4. The quantitative estimate of drug-likeness (QED) is 0.878. The summed E-state index contributed by atoms with van der Waals surface area (Å²) in [6.07, 6.45) is 0. The molecule has 1 atom stereocenters. The molecular weight excluding hydrogens is 291 g/mol. The van der Waals surface area contributed by atoms with Crippen molar-refractivity contribution in [2.45, 2.75) is 19.9 Å². The van der Waals surface area contributed by atoms with E-state index in [0.717, 1.165) is 31.7 Å². The third-order valence-electron chi connectivity index (χ3n) is 3.98. The van der Waals surface area contributed by atoms with Crippen LogP contribution in [0.4, 0.5) is 4.39 Å². The standard InChI is InChI=1S/C15H22ClFN4/c1-3-20(4-2)7-8-21-14(10-19-15(21)18)11-5-6-12(16)13(17)9-11/h5-6,9,14H,3-4,7-8,10H2,1-2H3,(H2,18,19). The Labute approximate surface area is 130 Å². The summed E-state index contributed by atoms with van der Waals surface area (Å²) in [7, 11) is 0. The van der Waals surface area contributed by atoms with Gasteiger partial charge in [-0.3, -0.25) is 4.99 Å². The van der Waals surface area contributed by atoms with Crippen LogP contribution in [-0.2, 0) is 0 Å². The Kier molecular flexibility index (Phi) is 5.42. The molecule has 1 heterocycles. The third-order valence-corrected chi connectivity index (χ3v) is 4.28. The van der Waals surface area contributed by atoms with E-state index in [9.17, 15) is 4.39 Å². The second-order valence-corrected chi connectivity index (χ2v) is 5.52. The Bertz CT molecular complexity index is 516. The molecule has 1 aromatic carbocycles. The first-order valence-corrected chi connectivity index (χ1v) is 7.68. The maximum absolute atomic E-state index is 13.7. The number of benzene rings is 1. The minimum atomic E-state index is -0.400. The van der Waals surface area contributed by atoms with E-state index in [1.807, 2.05) is 11.0 Å². The Morgan fingerprint density at radius 3 is 2.76 bits per heavy atom. The second kappa shape index (κ2) is 7.09. The van der Waals surface area contributed by atoms with Gasteiger partial charge in [0.1, 0.15) is 5.82 Å². The van der Waals surface area contributed by atoms with Crippen molar-refractivity contribution in [3.8, 4) is 0 Å². The summed E-state index contributed by atoms with van der Waals surface area (Å²) in [5, 5.41) is 0.139. The molecule has 0 aliphatic carbocycles. The molecule has 2 rings (SSSR count). The molecule has 1 unspecified atom stereocenters. The number of rotatable bonds is 6. The van der Waals surface area contributed by atoms with Gasteiger partial charge in [0.2, 0.25) is 0 Å². The van der Waals surface area contributed by atoms with Crippen LogP contribution in [0.3, 0.4) is 0 Å². The first-order valence-electron chi connectivity index (χ1n) is 7.30. The van der Waals surface area contributed by atoms with E-state index in [1.54, 1.807) is 6.07 Å². The number of nitrogens with zero attached hydrogens (tertiary/aromatic N) is 3. The Balaban J connectivity index is 2.10. The van der Waals surface area contributed by atoms with Crippen molar-refractivity contribution in [2.75, 3.05) is 32.7 Å². The molecule has 0 fully saturated rings. The van der Waals surface area contributed by atoms with Crippen LogP contribution in [0.1, 0.15) is 25.5 Å². The zero-order valence-corrected chi connectivity index (χ0v) is 13.3. The summed E-state index contributed by atoms with van der Waals surface area (Å²) in [4.78, 5) is 8.67. The van der Waals surface area contributed by atoms with Crippen LogP contribution in [-0.4, -0.2) is 48.5 Å². The minimum Gasteiger partial charge on any atom is -0.370 e. The van der Waals surface area contributed by atoms with Gasteiger partial charge in [0.15, 0.2) is 5.96 Å². The van der Waals surface area contributed by atoms with Crippen LogP contribution in [0.5, 0.6) is 0 Å². The second-order valence-electron chi connectivity index (χ2n) is 5.11. The molecule has 1 aliphatic rings. The van der Waals surface area contributed by atoms with Gasteiger partial charge in [-0.25, -0.2) is 4.39 Å². The third kappa shape index (κ3) is 3.66. The fourth-order valence-corrected chi connectivity index (χ4v) is 2.71. The van der Waals surface area contributed by atoms with Crippen molar-refractivity contribution >= 4 is 17.6 Å². The monoisotopic (exact) mass is 312 g/mol. The van der Waals surface area contributed by atoms with E-state index in [2.05, 4.69) is 23.7 Å². The molecule has 1 aromatic rings. The van der Waals surface area contributed by atoms with Gasteiger partial charge < -0.3 is 15.5 Å². The number of halogens is 2. The highest BCUT2D eigenvalue weighted by Crippen LogP contribution is 2.27. The smallest absolute Gasteiger partial charge is 0.191 e. The molecule has 0 amide bonds. The maximum Gasteiger partial charge on any atom is 0.191 e. The summed E-state index contributed by atoms with van der Waals surface area (Å²) >= 11 is 5.74. The molecule has 6 heteroatoms. The summed E-state index contributed by atoms with van der Waals surface area (Å²) in [6, 6.07) is 4.90. The van der Waals surface area contributed by atoms with Gasteiger partial charge >= 0.3 is 0 Å². The first-order chi connectivity index (χ1) is 10.1. The van der Waals surface area contributed by atoms with Crippen molar-refractivity contribution in [3.05, 3.63) is 34.6 Å². The topological polar surface area (TPSA) is 44.9 Å². The lowest BCUT2D eigenvalue weighted by atomic mass is 10.1. The Morgan fingerprint density at radius 2 is 2.14 bits per heavy atom. The average molecular weight is 313 g/mol. The van der Waals surface area contributed by atoms with Gasteiger partial charge in [-0.15, -0.1) is 0 Å². The predicted octanol–water partition coefficient (Wildman–Crippen LogP) is 2.49. The molecule has 0 aromatic heterocycles. The van der Waals surface area contributed by atoms with Crippen molar-refractivity contribution in [2.24, 2.45) is 10.7 Å². The van der Waals surface area contributed by atoms with Crippen molar-refractivity contribution in [1.82, 2.24) is 9.80 Å². The molecule has 21 heavy (non-hydrogen) atoms. The van der Waals surface area contributed by atoms with Gasteiger partial charge in [0.05, 0.1) is 17.6 Å². The maximum atomic E-state index is 13.7. The summed E-state index contributed by atoms with van der Waals surface area (Å²) < 4.78 is 13.7. The molecule has 0 radical (unpaired) electrons. The van der Waals surface area contributed by atoms with Crippen molar-refractivity contribution < 1.29 is 4.39 Å². The molecule has 0 spiro atoms. The van der Waals surface area contributed by atoms with Gasteiger partial charge in [0, 0.05) is 13.1 Å². The van der Waals surface area contributed by atoms with Gasteiger partial charge in [-0.2, -0.15) is 0 Å². The Morgan fingerprint density at radius 1 is 1.43 bits per heavy atom. The number of guanidine groups is 1. The highest BCUT2D eigenvalue weighted by molar-refractivity contribution is 6.30. The number of hydrogen-bond acceptors (Lipinski definition) is 4. The lowest BCUT2D eigenvalue weighted by Crippen LogP contribution is -2.41. The average Bonchev–Trinajstić information content (AvgIpc) is 2.84. The van der Waals surface area contributed by atoms with Gasteiger partial charge in [0.25, 0.3) is 0 Å². The highest BCUT2D eigenvalue weighted by atomic mass is 35.5. The number of likely N-dealkylation sites (N-methyl/N-ethyl adjacent to an activating group) is 1. The van der Waals surface area contributed by atoms with E-state index in [-0.39, 0.29) is 11.1 Å². The molecule has 2 N–H and O–H groups in total. The van der Waals surface area contributed by atoms with Crippen molar-refractivity contribution in [3.63, 3.8) is 0 Å². The van der Waals surface area contributed by atoms with Crippen LogP contribution in [0.15, 0.2) is 23.2 Å². The number of aliphatic imine (C=N–C) groups is 1. The molecular formula is C15H22ClFN4. The van der Waals surface area contributed by atoms with Crippen LogP contribution < -0.4 is 5.73 Å². The lowest BCUT2D eigenvalue weighted by Gasteiger charge is -2.29. The largest absolute Gasteiger partial charge is 0.370 e. The first kappa shape index (κ1) is 16.0. The Hall–Kier alpha value is -1.33. The molecule has 116 valence electrons. The lowest BCUT2D eigenvalue weighted by molar-refractivity contribution is 0.248. The molecule has 1 aliphatic heterocycles. The fraction of sp³-hybridized carbons (Fsp3) is 0.533. The normalized spacial score (nSPS) is 18.4. The van der Waals surface area contributed by atoms with E-state index in [1.165, 1.54) is 6.07 Å². The number of nitrogens with two attached hydrogens (primary N) is 1. The van der Waals surface area contributed by atoms with Gasteiger partial charge in [-0.05, 0) is 30.8 Å². The van der Waals surface area contributed by atoms with Crippen LogP contribution >= 0.6 is 11.6 Å². The van der Waals surface area contributed by atoms with E-state index in [0.29, 0.717) is 12.5 Å². The van der Waals surface area contributed by atoms with Crippen LogP contribution in [0.25, 0.3) is 0 Å². The van der Waals surface area contributed by atoms with Crippen LogP contribution in [0, 0.1) is 5.82 Å². The molecule has 4 nitrogen and oxygen atoms in total. The van der Waals surface area contributed by atoms with E-state index in [4.69, 9.17) is 17.3 Å². The summed E-state index contributed by atoms with van der Waals surface area (Å²) in [5.41, 5.74) is 6.84. The fourth-order valence-electron chi connectivity index (χ4n) is 2.59. The van der Waals surface area contributed by atoms with E-state index >= 15 is 0 Å². The van der Waals surface area contributed by atoms with Gasteiger partial charge in [-0.1, -0.05) is 31.5 Å². The summed E-state index contributed by atoms with van der Waals surface area (Å²) in [5.74, 6) is 0.130. The molecule has 0 saturated heterocycles. The number of hydrogen-bond donors (Lipinski definition) is 1. The van der Waals surface area contributed by atoms with Crippen molar-refractivity contribution in [1.29, 1.82) is 0 Å². The minimum absolute atomic E-state index is 0.00710. The summed E-state index contributed by atoms with van der Waals surface area (Å²) in [6.45, 7) is 8.53.